The van der Waals surface area contributed by atoms with Crippen molar-refractivity contribution in [2.75, 3.05) is 33.2 Å². The zero-order valence-corrected chi connectivity index (χ0v) is 11.1. The highest BCUT2D eigenvalue weighted by atomic mass is 16.2. The number of nitrogens with one attached hydrogen (secondary N) is 1. The zero-order valence-electron chi connectivity index (χ0n) is 11.1. The molecule has 2 atom stereocenters. The van der Waals surface area contributed by atoms with Crippen molar-refractivity contribution in [3.8, 4) is 0 Å². The summed E-state index contributed by atoms with van der Waals surface area (Å²) in [7, 11) is 1.90. The summed E-state index contributed by atoms with van der Waals surface area (Å²) < 4.78 is 0. The molecule has 0 aliphatic carbocycles. The van der Waals surface area contributed by atoms with Crippen molar-refractivity contribution in [1.29, 1.82) is 0 Å². The molecule has 4 heteroatoms. The van der Waals surface area contributed by atoms with Gasteiger partial charge in [0.15, 0.2) is 0 Å². The minimum absolute atomic E-state index is 0.264. The van der Waals surface area contributed by atoms with E-state index in [0.29, 0.717) is 18.6 Å². The van der Waals surface area contributed by atoms with Gasteiger partial charge in [-0.15, -0.1) is 0 Å². The van der Waals surface area contributed by atoms with Gasteiger partial charge >= 0.3 is 0 Å². The molecule has 0 aromatic carbocycles. The molecule has 0 radical (unpaired) electrons. The van der Waals surface area contributed by atoms with E-state index in [-0.39, 0.29) is 5.91 Å². The van der Waals surface area contributed by atoms with Crippen LogP contribution in [0.5, 0.6) is 0 Å². The van der Waals surface area contributed by atoms with Crippen molar-refractivity contribution in [3.63, 3.8) is 0 Å². The third-order valence-corrected chi connectivity index (χ3v) is 4.15. The van der Waals surface area contributed by atoms with Crippen LogP contribution in [0.15, 0.2) is 0 Å². The topological polar surface area (TPSA) is 35.6 Å². The van der Waals surface area contributed by atoms with Crippen LogP contribution in [0.3, 0.4) is 0 Å². The van der Waals surface area contributed by atoms with Crippen molar-refractivity contribution in [2.45, 2.75) is 44.7 Å². The largest absolute Gasteiger partial charge is 0.343 e. The van der Waals surface area contributed by atoms with Gasteiger partial charge in [-0.25, -0.2) is 0 Å². The Balaban J connectivity index is 1.79. The highest BCUT2D eigenvalue weighted by Crippen LogP contribution is 2.16. The van der Waals surface area contributed by atoms with Crippen molar-refractivity contribution in [1.82, 2.24) is 15.1 Å². The number of carbonyl (C=O) groups is 1. The van der Waals surface area contributed by atoms with Crippen molar-refractivity contribution in [3.05, 3.63) is 0 Å². The Morgan fingerprint density at radius 3 is 2.88 bits per heavy atom. The summed E-state index contributed by atoms with van der Waals surface area (Å²) in [6, 6.07) is 1.18. The van der Waals surface area contributed by atoms with E-state index < -0.39 is 0 Å². The van der Waals surface area contributed by atoms with Crippen molar-refractivity contribution >= 4 is 5.91 Å². The van der Waals surface area contributed by atoms with Gasteiger partial charge in [0.25, 0.3) is 0 Å². The molecular formula is C13H25N3O. The molecule has 0 saturated carbocycles. The van der Waals surface area contributed by atoms with E-state index >= 15 is 0 Å². The number of likely N-dealkylation sites (N-methyl/N-ethyl adjacent to an activating group) is 1. The van der Waals surface area contributed by atoms with E-state index in [1.54, 1.807) is 0 Å². The quantitative estimate of drug-likeness (QED) is 0.787. The predicted molar refractivity (Wildman–Crippen MR) is 68.9 cm³/mol. The Morgan fingerprint density at radius 2 is 2.24 bits per heavy atom. The molecule has 1 N–H and O–H groups in total. The number of piperidine rings is 1. The lowest BCUT2D eigenvalue weighted by Gasteiger charge is -2.37. The third kappa shape index (κ3) is 3.42. The molecule has 2 unspecified atom stereocenters. The van der Waals surface area contributed by atoms with Crippen LogP contribution in [0.4, 0.5) is 0 Å². The van der Waals surface area contributed by atoms with Crippen LogP contribution in [0.2, 0.25) is 0 Å². The second kappa shape index (κ2) is 5.83. The molecule has 98 valence electrons. The summed E-state index contributed by atoms with van der Waals surface area (Å²) >= 11 is 0. The Labute approximate surface area is 104 Å². The lowest BCUT2D eigenvalue weighted by molar-refractivity contribution is -0.135. The summed E-state index contributed by atoms with van der Waals surface area (Å²) in [6.07, 6.45) is 5.15. The fourth-order valence-electron chi connectivity index (χ4n) is 2.84. The molecule has 2 rings (SSSR count). The van der Waals surface area contributed by atoms with Crippen LogP contribution >= 0.6 is 0 Å². The molecule has 4 nitrogen and oxygen atoms in total. The van der Waals surface area contributed by atoms with Gasteiger partial charge in [-0.2, -0.15) is 0 Å². The van der Waals surface area contributed by atoms with E-state index in [1.165, 1.54) is 32.2 Å². The van der Waals surface area contributed by atoms with Gasteiger partial charge < -0.3 is 10.2 Å². The molecule has 0 aromatic heterocycles. The molecule has 2 aliphatic rings. The summed E-state index contributed by atoms with van der Waals surface area (Å²) in [6.45, 7) is 5.93. The van der Waals surface area contributed by atoms with E-state index in [0.717, 1.165) is 13.1 Å². The van der Waals surface area contributed by atoms with Gasteiger partial charge in [0.2, 0.25) is 5.91 Å². The lowest BCUT2D eigenvalue weighted by Crippen LogP contribution is -2.52. The highest BCUT2D eigenvalue weighted by molar-refractivity contribution is 5.78. The average molecular weight is 239 g/mol. The molecule has 1 amide bonds. The number of piperazine rings is 1. The van der Waals surface area contributed by atoms with Gasteiger partial charge in [0, 0.05) is 32.2 Å². The molecule has 0 aromatic rings. The summed E-state index contributed by atoms with van der Waals surface area (Å²) in [5, 5.41) is 3.59. The molecule has 17 heavy (non-hydrogen) atoms. The first kappa shape index (κ1) is 12.8. The summed E-state index contributed by atoms with van der Waals surface area (Å²) in [5.74, 6) is 0.264. The van der Waals surface area contributed by atoms with Crippen molar-refractivity contribution in [2.24, 2.45) is 0 Å². The van der Waals surface area contributed by atoms with Crippen LogP contribution in [-0.4, -0.2) is 61.0 Å². The maximum atomic E-state index is 11.7. The third-order valence-electron chi connectivity index (χ3n) is 4.15. The molecule has 0 bridgehead atoms. The lowest BCUT2D eigenvalue weighted by atomic mass is 9.98. The van der Waals surface area contributed by atoms with E-state index in [1.807, 2.05) is 11.9 Å². The minimum atomic E-state index is 0.264. The summed E-state index contributed by atoms with van der Waals surface area (Å²) in [4.78, 5) is 15.8. The van der Waals surface area contributed by atoms with E-state index in [4.69, 9.17) is 0 Å². The van der Waals surface area contributed by atoms with E-state index in [2.05, 4.69) is 17.1 Å². The Bertz CT molecular complexity index is 263. The first-order chi connectivity index (χ1) is 8.16. The molecule has 2 aliphatic heterocycles. The second-order valence-electron chi connectivity index (χ2n) is 5.52. The monoisotopic (exact) mass is 239 g/mol. The Morgan fingerprint density at radius 1 is 1.41 bits per heavy atom. The molecule has 2 heterocycles. The van der Waals surface area contributed by atoms with Gasteiger partial charge in [-0.1, -0.05) is 6.42 Å². The van der Waals surface area contributed by atoms with Crippen LogP contribution in [-0.2, 0) is 4.79 Å². The molecule has 2 saturated heterocycles. The number of carbonyl (C=O) groups excluding carboxylic acids is 1. The van der Waals surface area contributed by atoms with Gasteiger partial charge in [-0.05, 0) is 32.7 Å². The Hall–Kier alpha value is -0.610. The maximum absolute atomic E-state index is 11.7. The average Bonchev–Trinajstić information content (AvgIpc) is 2.34. The first-order valence-corrected chi connectivity index (χ1v) is 6.88. The molecule has 2 fully saturated rings. The number of nitrogens with zero attached hydrogens (tertiary/aromatic N) is 2. The molecular weight excluding hydrogens is 214 g/mol. The normalized spacial score (nSPS) is 29.4. The SMILES string of the molecule is CC(CC1CCCCN1)N1CCN(C)C(=O)C1. The highest BCUT2D eigenvalue weighted by Gasteiger charge is 2.26. The van der Waals surface area contributed by atoms with E-state index in [9.17, 15) is 4.79 Å². The number of amides is 1. The first-order valence-electron chi connectivity index (χ1n) is 6.88. The maximum Gasteiger partial charge on any atom is 0.236 e. The minimum Gasteiger partial charge on any atom is -0.343 e. The number of hydrogen-bond acceptors (Lipinski definition) is 3. The van der Waals surface area contributed by atoms with Crippen LogP contribution in [0.1, 0.15) is 32.6 Å². The Kier molecular flexibility index (Phi) is 4.40. The van der Waals surface area contributed by atoms with Gasteiger partial charge in [0.05, 0.1) is 6.54 Å². The fraction of sp³-hybridized carbons (Fsp3) is 0.923. The predicted octanol–water partition coefficient (Wildman–Crippen LogP) is 0.681. The van der Waals surface area contributed by atoms with Crippen LogP contribution in [0, 0.1) is 0 Å². The van der Waals surface area contributed by atoms with Crippen molar-refractivity contribution < 1.29 is 4.79 Å². The zero-order chi connectivity index (χ0) is 12.3. The second-order valence-corrected chi connectivity index (χ2v) is 5.52. The number of rotatable bonds is 3. The fourth-order valence-corrected chi connectivity index (χ4v) is 2.84. The smallest absolute Gasteiger partial charge is 0.236 e. The van der Waals surface area contributed by atoms with Crippen LogP contribution in [0.25, 0.3) is 0 Å². The van der Waals surface area contributed by atoms with Gasteiger partial charge in [-0.3, -0.25) is 9.69 Å². The van der Waals surface area contributed by atoms with Crippen LogP contribution < -0.4 is 5.32 Å². The number of hydrogen-bond donors (Lipinski definition) is 1. The molecule has 0 spiro atoms. The standard InChI is InChI=1S/C13H25N3O/c1-11(9-12-5-3-4-6-14-12)16-8-7-15(2)13(17)10-16/h11-12,14H,3-10H2,1-2H3. The van der Waals surface area contributed by atoms with Gasteiger partial charge in [0.1, 0.15) is 0 Å². The summed E-state index contributed by atoms with van der Waals surface area (Å²) in [5.41, 5.74) is 0.